The smallest absolute Gasteiger partial charge is 0.273 e. The fourth-order valence-electron chi connectivity index (χ4n) is 3.33. The summed E-state index contributed by atoms with van der Waals surface area (Å²) in [7, 11) is 1.64. The highest BCUT2D eigenvalue weighted by Gasteiger charge is 2.29. The van der Waals surface area contributed by atoms with E-state index in [4.69, 9.17) is 10.5 Å². The van der Waals surface area contributed by atoms with Crippen LogP contribution in [0.3, 0.4) is 0 Å². The highest BCUT2D eigenvalue weighted by Crippen LogP contribution is 2.27. The molecule has 0 radical (unpaired) electrons. The van der Waals surface area contributed by atoms with Gasteiger partial charge in [0.15, 0.2) is 0 Å². The second kappa shape index (κ2) is 7.50. The van der Waals surface area contributed by atoms with Gasteiger partial charge in [-0.2, -0.15) is 5.10 Å². The van der Waals surface area contributed by atoms with Crippen molar-refractivity contribution >= 4 is 17.2 Å². The molecule has 8 heteroatoms. The minimum atomic E-state index is -0.0364. The van der Waals surface area contributed by atoms with Crippen LogP contribution >= 0.6 is 11.3 Å². The highest BCUT2D eigenvalue weighted by atomic mass is 32.1. The molecule has 140 valence electrons. The predicted molar refractivity (Wildman–Crippen MR) is 104 cm³/mol. The van der Waals surface area contributed by atoms with Crippen molar-refractivity contribution in [2.75, 3.05) is 20.2 Å². The third-order valence-electron chi connectivity index (χ3n) is 4.78. The number of nitrogens with zero attached hydrogens (tertiary/aromatic N) is 4. The van der Waals surface area contributed by atoms with Gasteiger partial charge in [-0.05, 0) is 25.0 Å². The molecule has 1 amide bonds. The fraction of sp³-hybridized carbons (Fsp3) is 0.316. The molecule has 1 saturated heterocycles. The topological polar surface area (TPSA) is 86.3 Å². The summed E-state index contributed by atoms with van der Waals surface area (Å²) in [5.74, 6) is 0.734. The maximum absolute atomic E-state index is 12.7. The minimum absolute atomic E-state index is 0.0364. The van der Waals surface area contributed by atoms with Gasteiger partial charge in [-0.3, -0.25) is 4.79 Å². The lowest BCUT2D eigenvalue weighted by Gasteiger charge is -2.22. The van der Waals surface area contributed by atoms with Crippen LogP contribution in [-0.2, 0) is 0 Å². The standard InChI is InChI=1S/C19H21N5O2S/c1-26-16-6-2-4-14(8-16)24-11-13(10-21-24)18-22-17(12-27-18)19(25)23-7-3-5-15(23)9-20/h2,4,6,8,10-12,15H,3,5,7,9,20H2,1H3/t15-/m1/s1. The summed E-state index contributed by atoms with van der Waals surface area (Å²) in [5, 5.41) is 7.00. The van der Waals surface area contributed by atoms with Gasteiger partial charge >= 0.3 is 0 Å². The van der Waals surface area contributed by atoms with Crippen LogP contribution in [-0.4, -0.2) is 51.8 Å². The Morgan fingerprint density at radius 3 is 3.15 bits per heavy atom. The maximum atomic E-state index is 12.7. The molecule has 0 saturated carbocycles. The molecule has 0 aliphatic carbocycles. The van der Waals surface area contributed by atoms with Gasteiger partial charge in [-0.15, -0.1) is 11.3 Å². The minimum Gasteiger partial charge on any atom is -0.497 e. The monoisotopic (exact) mass is 383 g/mol. The van der Waals surface area contributed by atoms with Gasteiger partial charge in [0.1, 0.15) is 16.5 Å². The molecule has 1 aliphatic rings. The molecule has 2 N–H and O–H groups in total. The van der Waals surface area contributed by atoms with Crippen LogP contribution in [0.5, 0.6) is 5.75 Å². The van der Waals surface area contributed by atoms with E-state index < -0.39 is 0 Å². The third-order valence-corrected chi connectivity index (χ3v) is 5.67. The van der Waals surface area contributed by atoms with Gasteiger partial charge in [-0.1, -0.05) is 6.07 Å². The lowest BCUT2D eigenvalue weighted by molar-refractivity contribution is 0.0736. The molecule has 0 spiro atoms. The van der Waals surface area contributed by atoms with E-state index in [0.717, 1.165) is 41.4 Å². The number of carbonyl (C=O) groups excluding carboxylic acids is 1. The first-order chi connectivity index (χ1) is 13.2. The number of amides is 1. The van der Waals surface area contributed by atoms with E-state index in [0.29, 0.717) is 12.2 Å². The van der Waals surface area contributed by atoms with Crippen molar-refractivity contribution < 1.29 is 9.53 Å². The van der Waals surface area contributed by atoms with E-state index in [1.807, 2.05) is 40.7 Å². The molecular weight excluding hydrogens is 362 g/mol. The summed E-state index contributed by atoms with van der Waals surface area (Å²) in [6, 6.07) is 7.79. The molecule has 1 atom stereocenters. The normalized spacial score (nSPS) is 16.7. The zero-order valence-electron chi connectivity index (χ0n) is 15.0. The Morgan fingerprint density at radius 1 is 1.44 bits per heavy atom. The average Bonchev–Trinajstić information content (AvgIpc) is 3.47. The summed E-state index contributed by atoms with van der Waals surface area (Å²) >= 11 is 1.45. The van der Waals surface area contributed by atoms with Crippen molar-refractivity contribution in [2.45, 2.75) is 18.9 Å². The molecule has 1 fully saturated rings. The van der Waals surface area contributed by atoms with E-state index in [1.54, 1.807) is 18.0 Å². The summed E-state index contributed by atoms with van der Waals surface area (Å²) < 4.78 is 7.03. The van der Waals surface area contributed by atoms with Gasteiger partial charge in [0.05, 0.1) is 19.0 Å². The number of methoxy groups -OCH3 is 1. The Hall–Kier alpha value is -2.71. The van der Waals surface area contributed by atoms with Crippen molar-refractivity contribution in [3.63, 3.8) is 0 Å². The molecule has 0 bridgehead atoms. The van der Waals surface area contributed by atoms with Crippen molar-refractivity contribution in [3.8, 4) is 22.0 Å². The molecule has 7 nitrogen and oxygen atoms in total. The number of benzene rings is 1. The first kappa shape index (κ1) is 17.7. The number of hydrogen-bond acceptors (Lipinski definition) is 6. The molecule has 3 aromatic rings. The number of aromatic nitrogens is 3. The van der Waals surface area contributed by atoms with Gasteiger partial charge in [-0.25, -0.2) is 9.67 Å². The molecule has 1 aromatic carbocycles. The van der Waals surface area contributed by atoms with Gasteiger partial charge in [0.2, 0.25) is 0 Å². The number of nitrogens with two attached hydrogens (primary N) is 1. The van der Waals surface area contributed by atoms with Crippen molar-refractivity contribution in [2.24, 2.45) is 5.73 Å². The number of likely N-dealkylation sites (tertiary alicyclic amines) is 1. The predicted octanol–water partition coefficient (Wildman–Crippen LogP) is 2.57. The molecule has 27 heavy (non-hydrogen) atoms. The summed E-state index contributed by atoms with van der Waals surface area (Å²) in [4.78, 5) is 19.1. The zero-order valence-corrected chi connectivity index (χ0v) is 15.9. The molecule has 4 rings (SSSR count). The van der Waals surface area contributed by atoms with Crippen LogP contribution in [0.1, 0.15) is 23.3 Å². The summed E-state index contributed by atoms with van der Waals surface area (Å²) in [5.41, 5.74) is 8.03. The van der Waals surface area contributed by atoms with E-state index in [2.05, 4.69) is 10.1 Å². The van der Waals surface area contributed by atoms with E-state index in [9.17, 15) is 4.79 Å². The van der Waals surface area contributed by atoms with Crippen LogP contribution in [0.4, 0.5) is 0 Å². The van der Waals surface area contributed by atoms with Crippen LogP contribution in [0.2, 0.25) is 0 Å². The van der Waals surface area contributed by atoms with Crippen LogP contribution in [0.25, 0.3) is 16.3 Å². The molecule has 3 heterocycles. The quantitative estimate of drug-likeness (QED) is 0.732. The molecule has 0 unspecified atom stereocenters. The second-order valence-corrected chi connectivity index (χ2v) is 7.30. The SMILES string of the molecule is COc1cccc(-n2cc(-c3nc(C(=O)N4CCC[C@@H]4CN)cs3)cn2)c1. The number of hydrogen-bond donors (Lipinski definition) is 1. The van der Waals surface area contributed by atoms with Crippen LogP contribution < -0.4 is 10.5 Å². The Balaban J connectivity index is 1.55. The van der Waals surface area contributed by atoms with E-state index >= 15 is 0 Å². The zero-order chi connectivity index (χ0) is 18.8. The first-order valence-corrected chi connectivity index (χ1v) is 9.73. The number of rotatable bonds is 5. The Bertz CT molecular complexity index is 951. The van der Waals surface area contributed by atoms with Gasteiger partial charge in [0.25, 0.3) is 5.91 Å². The van der Waals surface area contributed by atoms with E-state index in [-0.39, 0.29) is 11.9 Å². The van der Waals surface area contributed by atoms with Crippen LogP contribution in [0, 0.1) is 0 Å². The first-order valence-electron chi connectivity index (χ1n) is 8.85. The average molecular weight is 383 g/mol. The van der Waals surface area contributed by atoms with Crippen molar-refractivity contribution in [1.82, 2.24) is 19.7 Å². The molecule has 1 aliphatic heterocycles. The number of carbonyl (C=O) groups is 1. The van der Waals surface area contributed by atoms with Gasteiger partial charge in [0, 0.05) is 42.3 Å². The molecular formula is C19H21N5O2S. The lowest BCUT2D eigenvalue weighted by atomic mass is 10.2. The van der Waals surface area contributed by atoms with Crippen molar-refractivity contribution in [3.05, 3.63) is 47.7 Å². The second-order valence-electron chi connectivity index (χ2n) is 6.44. The largest absolute Gasteiger partial charge is 0.497 e. The van der Waals surface area contributed by atoms with Crippen molar-refractivity contribution in [1.29, 1.82) is 0 Å². The number of thiazole rings is 1. The van der Waals surface area contributed by atoms with E-state index in [1.165, 1.54) is 11.3 Å². The Labute approximate surface area is 161 Å². The van der Waals surface area contributed by atoms with Gasteiger partial charge < -0.3 is 15.4 Å². The Kier molecular flexibility index (Phi) is 4.91. The molecule has 2 aromatic heterocycles. The number of ether oxygens (including phenoxy) is 1. The fourth-order valence-corrected chi connectivity index (χ4v) is 4.10. The maximum Gasteiger partial charge on any atom is 0.273 e. The Morgan fingerprint density at radius 2 is 2.33 bits per heavy atom. The van der Waals surface area contributed by atoms with Crippen LogP contribution in [0.15, 0.2) is 42.0 Å². The summed E-state index contributed by atoms with van der Waals surface area (Å²) in [6.07, 6.45) is 5.62. The summed E-state index contributed by atoms with van der Waals surface area (Å²) in [6.45, 7) is 1.25. The highest BCUT2D eigenvalue weighted by molar-refractivity contribution is 7.13. The third kappa shape index (κ3) is 3.45. The lowest BCUT2D eigenvalue weighted by Crippen LogP contribution is -2.40.